The van der Waals surface area contributed by atoms with Crippen LogP contribution in [-0.4, -0.2) is 29.9 Å². The summed E-state index contributed by atoms with van der Waals surface area (Å²) in [6.07, 6.45) is 0.695. The molecule has 1 aliphatic carbocycles. The molecule has 7 heteroatoms. The summed E-state index contributed by atoms with van der Waals surface area (Å²) in [5.41, 5.74) is 4.48. The summed E-state index contributed by atoms with van der Waals surface area (Å²) in [6.45, 7) is 5.96. The molecule has 2 aliphatic rings. The van der Waals surface area contributed by atoms with Gasteiger partial charge in [0.05, 0.1) is 23.6 Å². The van der Waals surface area contributed by atoms with E-state index < -0.39 is 11.8 Å². The number of benzene rings is 2. The molecular weight excluding hydrogens is 422 g/mol. The van der Waals surface area contributed by atoms with Crippen LogP contribution in [0.1, 0.15) is 48.6 Å². The summed E-state index contributed by atoms with van der Waals surface area (Å²) in [6, 6.07) is 12.1. The molecule has 4 nitrogen and oxygen atoms in total. The number of nitrogens with zero attached hydrogens (tertiary/aromatic N) is 1. The quantitative estimate of drug-likeness (QED) is 0.638. The predicted octanol–water partition coefficient (Wildman–Crippen LogP) is 5.13. The molecule has 1 heterocycles. The van der Waals surface area contributed by atoms with Gasteiger partial charge in [0.15, 0.2) is 0 Å². The summed E-state index contributed by atoms with van der Waals surface area (Å²) in [4.78, 5) is 13.6. The van der Waals surface area contributed by atoms with E-state index in [9.17, 15) is 13.6 Å². The lowest BCUT2D eigenvalue weighted by atomic mass is 9.98. The molecule has 1 saturated carbocycles. The zero-order valence-electron chi connectivity index (χ0n) is 17.8. The van der Waals surface area contributed by atoms with Crippen LogP contribution >= 0.6 is 11.6 Å². The second-order valence-corrected chi connectivity index (χ2v) is 8.99. The minimum absolute atomic E-state index is 0.00812. The molecule has 0 aromatic heterocycles. The van der Waals surface area contributed by atoms with Crippen molar-refractivity contribution in [3.05, 3.63) is 63.7 Å². The minimum atomic E-state index is -2.58. The SMILES string of the molecule is CC(=O)NC(C)c1ccc(CN2CCc3c(ccc(OCC4CC4(F)F)c3Cl)C2)cc1. The molecule has 0 bridgehead atoms. The summed E-state index contributed by atoms with van der Waals surface area (Å²) < 4.78 is 31.7. The number of carbonyl (C=O) groups is 1. The molecule has 2 unspecified atom stereocenters. The van der Waals surface area contributed by atoms with Crippen LogP contribution in [0.5, 0.6) is 5.75 Å². The Morgan fingerprint density at radius 2 is 2.00 bits per heavy atom. The molecule has 4 rings (SSSR count). The molecule has 2 aromatic rings. The first kappa shape index (κ1) is 22.0. The van der Waals surface area contributed by atoms with Crippen molar-refractivity contribution in [1.82, 2.24) is 10.2 Å². The Hall–Kier alpha value is -2.18. The molecule has 0 spiro atoms. The molecule has 2 aromatic carbocycles. The van der Waals surface area contributed by atoms with Gasteiger partial charge in [0, 0.05) is 33.0 Å². The molecule has 166 valence electrons. The van der Waals surface area contributed by atoms with Gasteiger partial charge >= 0.3 is 0 Å². The van der Waals surface area contributed by atoms with Gasteiger partial charge in [-0.1, -0.05) is 41.9 Å². The largest absolute Gasteiger partial charge is 0.491 e. The van der Waals surface area contributed by atoms with Crippen molar-refractivity contribution in [2.24, 2.45) is 5.92 Å². The van der Waals surface area contributed by atoms with E-state index in [-0.39, 0.29) is 25.0 Å². The van der Waals surface area contributed by atoms with Crippen LogP contribution < -0.4 is 10.1 Å². The lowest BCUT2D eigenvalue weighted by Gasteiger charge is -2.30. The van der Waals surface area contributed by atoms with Crippen LogP contribution in [0.25, 0.3) is 0 Å². The fraction of sp³-hybridized carbons (Fsp3) is 0.458. The Kier molecular flexibility index (Phi) is 6.22. The first-order valence-corrected chi connectivity index (χ1v) is 11.0. The van der Waals surface area contributed by atoms with E-state index in [2.05, 4.69) is 34.5 Å². The minimum Gasteiger partial charge on any atom is -0.491 e. The molecular formula is C24H27ClF2N2O2. The summed E-state index contributed by atoms with van der Waals surface area (Å²) in [5, 5.41) is 3.45. The Bertz CT molecular complexity index is 965. The van der Waals surface area contributed by atoms with E-state index in [1.54, 1.807) is 6.07 Å². The van der Waals surface area contributed by atoms with Gasteiger partial charge in [0.25, 0.3) is 5.92 Å². The monoisotopic (exact) mass is 448 g/mol. The summed E-state index contributed by atoms with van der Waals surface area (Å²) in [5.74, 6) is -2.81. The third-order valence-electron chi connectivity index (χ3n) is 6.08. The third-order valence-corrected chi connectivity index (χ3v) is 6.49. The standard InChI is InChI=1S/C24H27ClF2N2O2/c1-15(28-16(2)30)18-5-3-17(4-6-18)12-29-10-9-21-19(13-29)7-8-22(23(21)25)31-14-20-11-24(20,26)27/h3-8,15,20H,9-14H2,1-2H3,(H,28,30). The van der Waals surface area contributed by atoms with Gasteiger partial charge in [-0.25, -0.2) is 8.78 Å². The highest BCUT2D eigenvalue weighted by Gasteiger charge is 2.57. The Balaban J connectivity index is 1.35. The van der Waals surface area contributed by atoms with Gasteiger partial charge in [-0.2, -0.15) is 0 Å². The topological polar surface area (TPSA) is 41.6 Å². The molecule has 0 radical (unpaired) electrons. The maximum Gasteiger partial charge on any atom is 0.255 e. The van der Waals surface area contributed by atoms with Gasteiger partial charge in [-0.05, 0) is 41.7 Å². The van der Waals surface area contributed by atoms with Crippen LogP contribution in [-0.2, 0) is 24.3 Å². The predicted molar refractivity (Wildman–Crippen MR) is 116 cm³/mol. The lowest BCUT2D eigenvalue weighted by molar-refractivity contribution is -0.119. The first-order chi connectivity index (χ1) is 14.7. The second kappa shape index (κ2) is 8.75. The van der Waals surface area contributed by atoms with Gasteiger partial charge < -0.3 is 10.1 Å². The van der Waals surface area contributed by atoms with E-state index in [1.807, 2.05) is 13.0 Å². The maximum absolute atomic E-state index is 13.1. The van der Waals surface area contributed by atoms with Gasteiger partial charge in [-0.15, -0.1) is 0 Å². The van der Waals surface area contributed by atoms with Gasteiger partial charge in [0.1, 0.15) is 5.75 Å². The van der Waals surface area contributed by atoms with Gasteiger partial charge in [0.2, 0.25) is 5.91 Å². The fourth-order valence-corrected chi connectivity index (χ4v) is 4.43. The van der Waals surface area contributed by atoms with Crippen molar-refractivity contribution in [1.29, 1.82) is 0 Å². The molecule has 1 aliphatic heterocycles. The average Bonchev–Trinajstić information content (AvgIpc) is 3.34. The summed E-state index contributed by atoms with van der Waals surface area (Å²) >= 11 is 6.53. The number of ether oxygens (including phenoxy) is 1. The van der Waals surface area contributed by atoms with E-state index in [4.69, 9.17) is 16.3 Å². The van der Waals surface area contributed by atoms with Crippen molar-refractivity contribution < 1.29 is 18.3 Å². The lowest BCUT2D eigenvalue weighted by Crippen LogP contribution is -2.30. The fourth-order valence-electron chi connectivity index (χ4n) is 4.09. The smallest absolute Gasteiger partial charge is 0.255 e. The normalized spacial score (nSPS) is 20.6. The number of alkyl halides is 2. The van der Waals surface area contributed by atoms with Crippen molar-refractivity contribution in [2.45, 2.75) is 51.7 Å². The van der Waals surface area contributed by atoms with E-state index >= 15 is 0 Å². The molecule has 1 N–H and O–H groups in total. The zero-order valence-corrected chi connectivity index (χ0v) is 18.5. The highest BCUT2D eigenvalue weighted by atomic mass is 35.5. The number of rotatable bonds is 7. The number of halogens is 3. The number of carbonyl (C=O) groups excluding carboxylic acids is 1. The molecule has 1 amide bonds. The number of hydrogen-bond acceptors (Lipinski definition) is 3. The van der Waals surface area contributed by atoms with Gasteiger partial charge in [-0.3, -0.25) is 9.69 Å². The van der Waals surface area contributed by atoms with Crippen LogP contribution in [0.15, 0.2) is 36.4 Å². The van der Waals surface area contributed by atoms with Crippen molar-refractivity contribution in [3.8, 4) is 5.75 Å². The first-order valence-electron chi connectivity index (χ1n) is 10.6. The molecule has 2 atom stereocenters. The highest BCUT2D eigenvalue weighted by molar-refractivity contribution is 6.33. The number of amides is 1. The van der Waals surface area contributed by atoms with Crippen LogP contribution in [0.3, 0.4) is 0 Å². The molecule has 1 fully saturated rings. The van der Waals surface area contributed by atoms with Crippen LogP contribution in [0.2, 0.25) is 5.02 Å². The number of hydrogen-bond donors (Lipinski definition) is 1. The second-order valence-electron chi connectivity index (χ2n) is 8.61. The maximum atomic E-state index is 13.1. The molecule has 0 saturated heterocycles. The Labute approximate surface area is 186 Å². The van der Waals surface area contributed by atoms with Crippen LogP contribution in [0, 0.1) is 5.92 Å². The van der Waals surface area contributed by atoms with Crippen LogP contribution in [0.4, 0.5) is 8.78 Å². The number of fused-ring (bicyclic) bond motifs is 1. The number of nitrogens with one attached hydrogen (secondary N) is 1. The molecule has 31 heavy (non-hydrogen) atoms. The average molecular weight is 449 g/mol. The summed E-state index contributed by atoms with van der Waals surface area (Å²) in [7, 11) is 0. The zero-order chi connectivity index (χ0) is 22.2. The Morgan fingerprint density at radius 3 is 2.65 bits per heavy atom. The van der Waals surface area contributed by atoms with Crippen molar-refractivity contribution >= 4 is 17.5 Å². The third kappa shape index (κ3) is 5.18. The van der Waals surface area contributed by atoms with E-state index in [0.717, 1.165) is 42.7 Å². The van der Waals surface area contributed by atoms with E-state index in [0.29, 0.717) is 10.8 Å². The Morgan fingerprint density at radius 1 is 1.29 bits per heavy atom. The van der Waals surface area contributed by atoms with E-state index in [1.165, 1.54) is 12.5 Å². The highest BCUT2D eigenvalue weighted by Crippen LogP contribution is 2.49. The van der Waals surface area contributed by atoms with Crippen molar-refractivity contribution in [2.75, 3.05) is 13.2 Å². The van der Waals surface area contributed by atoms with Crippen molar-refractivity contribution in [3.63, 3.8) is 0 Å².